The minimum atomic E-state index is -0.522. The van der Waals surface area contributed by atoms with E-state index in [2.05, 4.69) is 0 Å². The molecule has 1 atom stereocenters. The van der Waals surface area contributed by atoms with Gasteiger partial charge in [-0.2, -0.15) is 0 Å². The van der Waals surface area contributed by atoms with E-state index in [-0.39, 0.29) is 12.1 Å². The molecule has 2 N–H and O–H groups in total. The van der Waals surface area contributed by atoms with Crippen molar-refractivity contribution in [2.24, 2.45) is 5.73 Å². The Morgan fingerprint density at radius 1 is 1.22 bits per heavy atom. The Morgan fingerprint density at radius 3 is 2.39 bits per heavy atom. The zero-order valence-electron chi connectivity index (χ0n) is 14.5. The van der Waals surface area contributed by atoms with Crippen LogP contribution in [0.1, 0.15) is 44.4 Å². The van der Waals surface area contributed by atoms with E-state index >= 15 is 0 Å². The first-order valence-electron chi connectivity index (χ1n) is 7.73. The second-order valence-electron chi connectivity index (χ2n) is 6.70. The molecule has 0 spiro atoms. The van der Waals surface area contributed by atoms with Crippen LogP contribution < -0.4 is 15.2 Å². The predicted octanol–water partition coefficient (Wildman–Crippen LogP) is 2.84. The fourth-order valence-corrected chi connectivity index (χ4v) is 2.64. The summed E-state index contributed by atoms with van der Waals surface area (Å²) >= 11 is 0. The topological polar surface area (TPSA) is 74.0 Å². The van der Waals surface area contributed by atoms with Gasteiger partial charge in [0, 0.05) is 19.1 Å². The number of ether oxygens (including phenoxy) is 3. The van der Waals surface area contributed by atoms with Gasteiger partial charge in [0.05, 0.1) is 14.2 Å². The van der Waals surface area contributed by atoms with Crippen molar-refractivity contribution in [3.05, 3.63) is 23.3 Å². The number of rotatable bonds is 2. The number of methoxy groups -OCH3 is 2. The fraction of sp³-hybridized carbons (Fsp3) is 0.588. The molecule has 1 amide bonds. The van der Waals surface area contributed by atoms with Crippen molar-refractivity contribution in [2.45, 2.75) is 45.4 Å². The Bertz CT molecular complexity index is 581. The monoisotopic (exact) mass is 322 g/mol. The van der Waals surface area contributed by atoms with E-state index in [1.807, 2.05) is 32.9 Å². The summed E-state index contributed by atoms with van der Waals surface area (Å²) in [4.78, 5) is 14.1. The minimum absolute atomic E-state index is 0.155. The van der Waals surface area contributed by atoms with Crippen molar-refractivity contribution in [3.63, 3.8) is 0 Å². The Morgan fingerprint density at radius 2 is 1.83 bits per heavy atom. The van der Waals surface area contributed by atoms with Crippen LogP contribution in [0.4, 0.5) is 4.79 Å². The molecule has 6 nitrogen and oxygen atoms in total. The van der Waals surface area contributed by atoms with Crippen molar-refractivity contribution in [2.75, 3.05) is 20.8 Å². The van der Waals surface area contributed by atoms with Gasteiger partial charge in [0.1, 0.15) is 5.60 Å². The number of carbonyl (C=O) groups excluding carboxylic acids is 1. The van der Waals surface area contributed by atoms with Gasteiger partial charge in [0.15, 0.2) is 11.5 Å². The predicted molar refractivity (Wildman–Crippen MR) is 87.7 cm³/mol. The third-order valence-corrected chi connectivity index (χ3v) is 3.77. The lowest BCUT2D eigenvalue weighted by Gasteiger charge is -2.26. The molecule has 6 heteroatoms. The van der Waals surface area contributed by atoms with Gasteiger partial charge in [-0.15, -0.1) is 0 Å². The Kier molecular flexibility index (Phi) is 5.04. The first-order chi connectivity index (χ1) is 10.7. The van der Waals surface area contributed by atoms with Gasteiger partial charge < -0.3 is 24.8 Å². The van der Waals surface area contributed by atoms with Gasteiger partial charge in [0.25, 0.3) is 0 Å². The van der Waals surface area contributed by atoms with Crippen LogP contribution in [0.2, 0.25) is 0 Å². The largest absolute Gasteiger partial charge is 0.493 e. The second kappa shape index (κ2) is 6.66. The van der Waals surface area contributed by atoms with Crippen LogP contribution in [0.5, 0.6) is 11.5 Å². The SMILES string of the molecule is COc1cc2c(cc1OC)[C@@H](N)CCN(C(=O)OC(C)(C)C)C2. The molecule has 0 aliphatic carbocycles. The number of benzene rings is 1. The van der Waals surface area contributed by atoms with E-state index in [1.54, 1.807) is 19.1 Å². The molecular formula is C17H26N2O4. The molecule has 1 aliphatic heterocycles. The summed E-state index contributed by atoms with van der Waals surface area (Å²) in [5.41, 5.74) is 7.69. The number of hydrogen-bond acceptors (Lipinski definition) is 5. The summed E-state index contributed by atoms with van der Waals surface area (Å²) in [5, 5.41) is 0. The molecule has 1 aromatic carbocycles. The molecule has 0 saturated heterocycles. The molecule has 1 heterocycles. The van der Waals surface area contributed by atoms with Crippen molar-refractivity contribution in [1.29, 1.82) is 0 Å². The van der Waals surface area contributed by atoms with E-state index < -0.39 is 5.60 Å². The van der Waals surface area contributed by atoms with E-state index in [9.17, 15) is 4.79 Å². The van der Waals surface area contributed by atoms with E-state index in [0.29, 0.717) is 31.0 Å². The van der Waals surface area contributed by atoms with E-state index in [0.717, 1.165) is 11.1 Å². The number of nitrogens with zero attached hydrogens (tertiary/aromatic N) is 1. The third kappa shape index (κ3) is 4.07. The van der Waals surface area contributed by atoms with E-state index in [1.165, 1.54) is 0 Å². The molecular weight excluding hydrogens is 296 g/mol. The lowest BCUT2D eigenvalue weighted by molar-refractivity contribution is 0.0235. The van der Waals surface area contributed by atoms with Gasteiger partial charge in [-0.1, -0.05) is 0 Å². The van der Waals surface area contributed by atoms with Crippen molar-refractivity contribution >= 4 is 6.09 Å². The maximum Gasteiger partial charge on any atom is 0.410 e. The average Bonchev–Trinajstić information content (AvgIpc) is 2.63. The summed E-state index contributed by atoms with van der Waals surface area (Å²) in [5.74, 6) is 1.27. The van der Waals surface area contributed by atoms with Crippen LogP contribution in [0.3, 0.4) is 0 Å². The van der Waals surface area contributed by atoms with Crippen LogP contribution in [-0.2, 0) is 11.3 Å². The Hall–Kier alpha value is -1.95. The molecule has 0 saturated carbocycles. The molecule has 23 heavy (non-hydrogen) atoms. The Labute approximate surface area is 137 Å². The summed E-state index contributed by atoms with van der Waals surface area (Å²) in [6, 6.07) is 3.63. The van der Waals surface area contributed by atoms with Gasteiger partial charge in [0.2, 0.25) is 0 Å². The first-order valence-corrected chi connectivity index (χ1v) is 7.73. The molecule has 0 bridgehead atoms. The van der Waals surface area contributed by atoms with Gasteiger partial charge in [-0.25, -0.2) is 4.79 Å². The van der Waals surface area contributed by atoms with Crippen molar-refractivity contribution in [1.82, 2.24) is 4.90 Å². The first kappa shape index (κ1) is 17.4. The summed E-state index contributed by atoms with van der Waals surface area (Å²) in [6.45, 7) is 6.57. The number of nitrogens with two attached hydrogens (primary N) is 1. The zero-order chi connectivity index (χ0) is 17.2. The van der Waals surface area contributed by atoms with Crippen LogP contribution >= 0.6 is 0 Å². The Balaban J connectivity index is 2.32. The molecule has 0 fully saturated rings. The number of amides is 1. The summed E-state index contributed by atoms with van der Waals surface area (Å²) < 4.78 is 16.2. The van der Waals surface area contributed by atoms with Crippen LogP contribution in [0.15, 0.2) is 12.1 Å². The molecule has 0 radical (unpaired) electrons. The van der Waals surface area contributed by atoms with Crippen LogP contribution in [-0.4, -0.2) is 37.4 Å². The highest BCUT2D eigenvalue weighted by Gasteiger charge is 2.28. The van der Waals surface area contributed by atoms with Gasteiger partial charge >= 0.3 is 6.09 Å². The molecule has 2 rings (SSSR count). The molecule has 128 valence electrons. The third-order valence-electron chi connectivity index (χ3n) is 3.77. The normalized spacial score (nSPS) is 18.0. The standard InChI is InChI=1S/C17H26N2O4/c1-17(2,3)23-16(20)19-7-6-13(18)12-9-15(22-5)14(21-4)8-11(12)10-19/h8-9,13H,6-7,10,18H2,1-5H3/t13-/m0/s1. The van der Waals surface area contributed by atoms with Crippen LogP contribution in [0, 0.1) is 0 Å². The maximum absolute atomic E-state index is 12.4. The maximum atomic E-state index is 12.4. The molecule has 0 aromatic heterocycles. The average molecular weight is 322 g/mol. The molecule has 1 aromatic rings. The number of fused-ring (bicyclic) bond motifs is 1. The highest BCUT2D eigenvalue weighted by atomic mass is 16.6. The minimum Gasteiger partial charge on any atom is -0.493 e. The summed E-state index contributed by atoms with van der Waals surface area (Å²) in [6.07, 6.45) is 0.342. The number of carbonyl (C=O) groups is 1. The van der Waals surface area contributed by atoms with Crippen molar-refractivity contribution in [3.8, 4) is 11.5 Å². The lowest BCUT2D eigenvalue weighted by Crippen LogP contribution is -2.36. The fourth-order valence-electron chi connectivity index (χ4n) is 2.64. The van der Waals surface area contributed by atoms with E-state index in [4.69, 9.17) is 19.9 Å². The second-order valence-corrected chi connectivity index (χ2v) is 6.70. The number of hydrogen-bond donors (Lipinski definition) is 1. The highest BCUT2D eigenvalue weighted by Crippen LogP contribution is 2.36. The zero-order valence-corrected chi connectivity index (χ0v) is 14.5. The van der Waals surface area contributed by atoms with Crippen LogP contribution in [0.25, 0.3) is 0 Å². The highest BCUT2D eigenvalue weighted by molar-refractivity contribution is 5.68. The van der Waals surface area contributed by atoms with Crippen molar-refractivity contribution < 1.29 is 19.0 Å². The van der Waals surface area contributed by atoms with Gasteiger partial charge in [-0.3, -0.25) is 0 Å². The van der Waals surface area contributed by atoms with Gasteiger partial charge in [-0.05, 0) is 50.5 Å². The quantitative estimate of drug-likeness (QED) is 0.906. The lowest BCUT2D eigenvalue weighted by atomic mass is 9.99. The smallest absolute Gasteiger partial charge is 0.410 e. The molecule has 0 unspecified atom stereocenters. The summed E-state index contributed by atoms with van der Waals surface area (Å²) in [7, 11) is 3.19. The molecule has 1 aliphatic rings.